The average Bonchev–Trinajstić information content (AvgIpc) is 2.34. The molecular formula is C9H12N4O6S. The largest absolute Gasteiger partial charge is 0.448 e. The summed E-state index contributed by atoms with van der Waals surface area (Å²) in [6.45, 7) is -0.431. The van der Waals surface area contributed by atoms with Crippen molar-refractivity contribution < 1.29 is 22.9 Å². The molecule has 20 heavy (non-hydrogen) atoms. The number of anilines is 1. The van der Waals surface area contributed by atoms with Crippen LogP contribution in [0.15, 0.2) is 23.1 Å². The van der Waals surface area contributed by atoms with Gasteiger partial charge in [0.2, 0.25) is 10.0 Å². The molecule has 1 aromatic rings. The number of nitro groups is 1. The third-order valence-corrected chi connectivity index (χ3v) is 3.60. The molecule has 0 radical (unpaired) electrons. The Morgan fingerprint density at radius 2 is 2.10 bits per heavy atom. The number of nitrogen functional groups attached to an aromatic ring is 1. The summed E-state index contributed by atoms with van der Waals surface area (Å²) in [6.07, 6.45) is -1.02. The van der Waals surface area contributed by atoms with Crippen LogP contribution < -0.4 is 16.2 Å². The van der Waals surface area contributed by atoms with Crippen LogP contribution in [0.4, 0.5) is 16.2 Å². The minimum absolute atomic E-state index is 0.192. The molecule has 0 aromatic heterocycles. The number of sulfonamides is 1. The lowest BCUT2D eigenvalue weighted by atomic mass is 10.3. The molecule has 0 saturated heterocycles. The number of nitrogens with two attached hydrogens (primary N) is 2. The molecule has 0 saturated carbocycles. The summed E-state index contributed by atoms with van der Waals surface area (Å²) in [5.74, 6) is 0. The first-order valence-electron chi connectivity index (χ1n) is 5.20. The molecular weight excluding hydrogens is 292 g/mol. The van der Waals surface area contributed by atoms with Crippen molar-refractivity contribution in [2.45, 2.75) is 4.90 Å². The van der Waals surface area contributed by atoms with Gasteiger partial charge in [0.15, 0.2) is 0 Å². The van der Waals surface area contributed by atoms with Gasteiger partial charge >= 0.3 is 6.09 Å². The summed E-state index contributed by atoms with van der Waals surface area (Å²) in [5, 5.41) is 10.6. The zero-order valence-electron chi connectivity index (χ0n) is 10.1. The van der Waals surface area contributed by atoms with Gasteiger partial charge in [-0.25, -0.2) is 17.9 Å². The number of hydrogen-bond donors (Lipinski definition) is 3. The van der Waals surface area contributed by atoms with E-state index in [2.05, 4.69) is 9.46 Å². The van der Waals surface area contributed by atoms with Crippen LogP contribution >= 0.6 is 0 Å². The van der Waals surface area contributed by atoms with Crippen LogP contribution in [0.1, 0.15) is 0 Å². The number of hydrogen-bond acceptors (Lipinski definition) is 7. The van der Waals surface area contributed by atoms with Gasteiger partial charge < -0.3 is 16.2 Å². The quantitative estimate of drug-likeness (QED) is 0.277. The predicted octanol–water partition coefficient (Wildman–Crippen LogP) is -0.449. The Kier molecular flexibility index (Phi) is 4.83. The number of carbonyl (C=O) groups is 1. The summed E-state index contributed by atoms with van der Waals surface area (Å²) < 4.78 is 30.1. The normalized spacial score (nSPS) is 11.0. The first kappa shape index (κ1) is 15.7. The highest BCUT2D eigenvalue weighted by Gasteiger charge is 2.18. The lowest BCUT2D eigenvalue weighted by Crippen LogP contribution is -2.29. The number of nitrogens with zero attached hydrogens (tertiary/aromatic N) is 1. The van der Waals surface area contributed by atoms with Gasteiger partial charge in [-0.3, -0.25) is 10.1 Å². The molecule has 0 spiro atoms. The van der Waals surface area contributed by atoms with Gasteiger partial charge in [0.25, 0.3) is 5.69 Å². The van der Waals surface area contributed by atoms with Gasteiger partial charge in [0.1, 0.15) is 12.3 Å². The fourth-order valence-corrected chi connectivity index (χ4v) is 2.33. The molecule has 1 amide bonds. The van der Waals surface area contributed by atoms with E-state index in [1.165, 1.54) is 0 Å². The fourth-order valence-electron chi connectivity index (χ4n) is 1.28. The zero-order chi connectivity index (χ0) is 15.3. The highest BCUT2D eigenvalue weighted by Crippen LogP contribution is 2.24. The lowest BCUT2D eigenvalue weighted by Gasteiger charge is -2.07. The smallest absolute Gasteiger partial charge is 0.404 e. The summed E-state index contributed by atoms with van der Waals surface area (Å²) in [5.41, 5.74) is 9.43. The Labute approximate surface area is 113 Å². The molecule has 0 aliphatic heterocycles. The van der Waals surface area contributed by atoms with Gasteiger partial charge in [-0.05, 0) is 12.1 Å². The number of carbonyl (C=O) groups excluding carboxylic acids is 1. The van der Waals surface area contributed by atoms with Crippen LogP contribution in [0, 0.1) is 10.1 Å². The van der Waals surface area contributed by atoms with E-state index in [1.54, 1.807) is 0 Å². The van der Waals surface area contributed by atoms with E-state index in [0.717, 1.165) is 18.2 Å². The van der Waals surface area contributed by atoms with E-state index >= 15 is 0 Å². The molecule has 0 aliphatic rings. The average molecular weight is 304 g/mol. The molecule has 0 heterocycles. The summed E-state index contributed by atoms with van der Waals surface area (Å²) in [4.78, 5) is 19.9. The van der Waals surface area contributed by atoms with Gasteiger partial charge in [-0.1, -0.05) is 0 Å². The zero-order valence-corrected chi connectivity index (χ0v) is 10.9. The second-order valence-corrected chi connectivity index (χ2v) is 5.31. The first-order chi connectivity index (χ1) is 9.24. The molecule has 11 heteroatoms. The van der Waals surface area contributed by atoms with E-state index in [1.807, 2.05) is 0 Å². The molecule has 0 bridgehead atoms. The van der Waals surface area contributed by atoms with Crippen molar-refractivity contribution in [3.63, 3.8) is 0 Å². The van der Waals surface area contributed by atoms with Gasteiger partial charge in [0.05, 0.1) is 9.82 Å². The Morgan fingerprint density at radius 1 is 1.45 bits per heavy atom. The maximum Gasteiger partial charge on any atom is 0.404 e. The van der Waals surface area contributed by atoms with Gasteiger partial charge in [0, 0.05) is 12.6 Å². The fraction of sp³-hybridized carbons (Fsp3) is 0.222. The second kappa shape index (κ2) is 6.16. The first-order valence-corrected chi connectivity index (χ1v) is 6.68. The van der Waals surface area contributed by atoms with Crippen molar-refractivity contribution in [3.05, 3.63) is 28.3 Å². The van der Waals surface area contributed by atoms with E-state index in [0.29, 0.717) is 0 Å². The Bertz CT molecular complexity index is 629. The number of nitrogens with one attached hydrogen (secondary N) is 1. The van der Waals surface area contributed by atoms with Crippen molar-refractivity contribution in [1.29, 1.82) is 0 Å². The standard InChI is InChI=1S/C9H12N4O6S/c10-7-5-6(1-2-8(7)13(15)16)20(17,18)12-3-4-19-9(11)14/h1-2,5,12H,3-4,10H2,(H2,11,14). The van der Waals surface area contributed by atoms with E-state index in [-0.39, 0.29) is 29.4 Å². The van der Waals surface area contributed by atoms with Crippen molar-refractivity contribution in [3.8, 4) is 0 Å². The molecule has 0 aliphatic carbocycles. The number of benzene rings is 1. The Hall–Kier alpha value is -2.40. The molecule has 0 atom stereocenters. The molecule has 0 unspecified atom stereocenters. The van der Waals surface area contributed by atoms with Crippen LogP contribution in [-0.2, 0) is 14.8 Å². The van der Waals surface area contributed by atoms with E-state index in [9.17, 15) is 23.3 Å². The van der Waals surface area contributed by atoms with E-state index in [4.69, 9.17) is 11.5 Å². The maximum absolute atomic E-state index is 11.8. The van der Waals surface area contributed by atoms with Crippen LogP contribution in [0.25, 0.3) is 0 Å². The van der Waals surface area contributed by atoms with Crippen molar-refractivity contribution in [2.75, 3.05) is 18.9 Å². The van der Waals surface area contributed by atoms with Crippen LogP contribution in [-0.4, -0.2) is 32.6 Å². The SMILES string of the molecule is NC(=O)OCCNS(=O)(=O)c1ccc([N+](=O)[O-])c(N)c1. The molecule has 1 aromatic carbocycles. The topological polar surface area (TPSA) is 168 Å². The molecule has 10 nitrogen and oxygen atoms in total. The minimum atomic E-state index is -3.91. The van der Waals surface area contributed by atoms with Crippen molar-refractivity contribution in [2.24, 2.45) is 5.73 Å². The number of nitro benzene ring substituents is 1. The summed E-state index contributed by atoms with van der Waals surface area (Å²) in [6, 6.07) is 3.00. The molecule has 5 N–H and O–H groups in total. The highest BCUT2D eigenvalue weighted by molar-refractivity contribution is 7.89. The van der Waals surface area contributed by atoms with Crippen LogP contribution in [0.2, 0.25) is 0 Å². The third kappa shape index (κ3) is 4.07. The van der Waals surface area contributed by atoms with Crippen LogP contribution in [0.3, 0.4) is 0 Å². The maximum atomic E-state index is 11.8. The van der Waals surface area contributed by atoms with E-state index < -0.39 is 21.0 Å². The summed E-state index contributed by atoms with van der Waals surface area (Å²) >= 11 is 0. The summed E-state index contributed by atoms with van der Waals surface area (Å²) in [7, 11) is -3.91. The van der Waals surface area contributed by atoms with Crippen molar-refractivity contribution in [1.82, 2.24) is 4.72 Å². The van der Waals surface area contributed by atoms with Crippen molar-refractivity contribution >= 4 is 27.5 Å². The number of ether oxygens (including phenoxy) is 1. The Balaban J connectivity index is 2.80. The lowest BCUT2D eigenvalue weighted by molar-refractivity contribution is -0.383. The van der Waals surface area contributed by atoms with Crippen LogP contribution in [0.5, 0.6) is 0 Å². The van der Waals surface area contributed by atoms with Gasteiger partial charge in [-0.15, -0.1) is 0 Å². The number of primary amides is 1. The number of rotatable bonds is 6. The third-order valence-electron chi connectivity index (χ3n) is 2.14. The predicted molar refractivity (Wildman–Crippen MR) is 68.2 cm³/mol. The molecule has 0 fully saturated rings. The highest BCUT2D eigenvalue weighted by atomic mass is 32.2. The monoisotopic (exact) mass is 304 g/mol. The van der Waals surface area contributed by atoms with Gasteiger partial charge in [-0.2, -0.15) is 0 Å². The Morgan fingerprint density at radius 3 is 2.60 bits per heavy atom. The molecule has 1 rings (SSSR count). The number of amides is 1. The minimum Gasteiger partial charge on any atom is -0.448 e. The second-order valence-electron chi connectivity index (χ2n) is 3.54. The molecule has 110 valence electrons.